The van der Waals surface area contributed by atoms with E-state index in [-0.39, 0.29) is 5.41 Å². The Labute approximate surface area is 110 Å². The zero-order valence-corrected chi connectivity index (χ0v) is 11.9. The molecular weight excluding hydrogens is 224 g/mol. The van der Waals surface area contributed by atoms with E-state index in [1.165, 1.54) is 12.8 Å². The Kier molecular flexibility index (Phi) is 3.85. The van der Waals surface area contributed by atoms with Crippen molar-refractivity contribution in [3.8, 4) is 0 Å². The average molecular weight is 248 g/mol. The van der Waals surface area contributed by atoms with Crippen LogP contribution in [0, 0.1) is 0 Å². The van der Waals surface area contributed by atoms with E-state index in [2.05, 4.69) is 36.0 Å². The molecule has 1 N–H and O–H groups in total. The van der Waals surface area contributed by atoms with Gasteiger partial charge >= 0.3 is 0 Å². The van der Waals surface area contributed by atoms with Crippen LogP contribution < -0.4 is 10.2 Å². The summed E-state index contributed by atoms with van der Waals surface area (Å²) in [5, 5.41) is 3.35. The van der Waals surface area contributed by atoms with Gasteiger partial charge in [0.1, 0.15) is 0 Å². The molecule has 0 aliphatic carbocycles. The molecule has 0 radical (unpaired) electrons. The van der Waals surface area contributed by atoms with Gasteiger partial charge in [0.2, 0.25) is 5.95 Å². The summed E-state index contributed by atoms with van der Waals surface area (Å²) in [5.74, 6) is 0.877. The lowest BCUT2D eigenvalue weighted by atomic mass is 9.92. The molecule has 1 unspecified atom stereocenters. The molecule has 1 atom stereocenters. The molecule has 0 aromatic carbocycles. The molecule has 1 aliphatic heterocycles. The SMILES string of the molecule is CNC1CCCN(c2nccc(C(C)(C)C)n2)C1. The Hall–Kier alpha value is -1.16. The van der Waals surface area contributed by atoms with Gasteiger partial charge in [-0.25, -0.2) is 9.97 Å². The Morgan fingerprint density at radius 2 is 2.17 bits per heavy atom. The van der Waals surface area contributed by atoms with Gasteiger partial charge < -0.3 is 10.2 Å². The zero-order valence-electron chi connectivity index (χ0n) is 11.9. The molecular formula is C14H24N4. The number of hydrogen-bond donors (Lipinski definition) is 1. The summed E-state index contributed by atoms with van der Waals surface area (Å²) in [6.07, 6.45) is 4.33. The minimum Gasteiger partial charge on any atom is -0.339 e. The highest BCUT2D eigenvalue weighted by Crippen LogP contribution is 2.22. The van der Waals surface area contributed by atoms with Crippen molar-refractivity contribution in [2.45, 2.75) is 45.1 Å². The molecule has 1 saturated heterocycles. The van der Waals surface area contributed by atoms with E-state index in [1.807, 2.05) is 19.3 Å². The van der Waals surface area contributed by atoms with Gasteiger partial charge in [-0.3, -0.25) is 0 Å². The van der Waals surface area contributed by atoms with Crippen LogP contribution in [-0.4, -0.2) is 36.1 Å². The predicted molar refractivity (Wildman–Crippen MR) is 75.0 cm³/mol. The highest BCUT2D eigenvalue weighted by molar-refractivity contribution is 5.33. The van der Waals surface area contributed by atoms with E-state index in [0.29, 0.717) is 6.04 Å². The molecule has 1 aromatic heterocycles. The fraction of sp³-hybridized carbons (Fsp3) is 0.714. The van der Waals surface area contributed by atoms with Crippen molar-refractivity contribution in [2.75, 3.05) is 25.0 Å². The Balaban J connectivity index is 2.18. The maximum absolute atomic E-state index is 4.72. The minimum atomic E-state index is 0.0793. The Morgan fingerprint density at radius 1 is 1.39 bits per heavy atom. The normalized spacial score (nSPS) is 21.1. The summed E-state index contributed by atoms with van der Waals surface area (Å²) < 4.78 is 0. The first-order valence-electron chi connectivity index (χ1n) is 6.76. The number of anilines is 1. The van der Waals surface area contributed by atoms with E-state index in [9.17, 15) is 0 Å². The number of aromatic nitrogens is 2. The van der Waals surface area contributed by atoms with Crippen LogP contribution in [0.4, 0.5) is 5.95 Å². The molecule has 1 fully saturated rings. The number of piperidine rings is 1. The number of hydrogen-bond acceptors (Lipinski definition) is 4. The van der Waals surface area contributed by atoms with Gasteiger partial charge in [-0.1, -0.05) is 20.8 Å². The highest BCUT2D eigenvalue weighted by Gasteiger charge is 2.22. The van der Waals surface area contributed by atoms with Crippen LogP contribution in [-0.2, 0) is 5.41 Å². The lowest BCUT2D eigenvalue weighted by Crippen LogP contribution is -2.45. The third kappa shape index (κ3) is 2.99. The second kappa shape index (κ2) is 5.22. The summed E-state index contributed by atoms with van der Waals surface area (Å²) in [6, 6.07) is 2.57. The standard InChI is InChI=1S/C14H24N4/c1-14(2,3)12-7-8-16-13(17-12)18-9-5-6-11(10-18)15-4/h7-8,11,15H,5-6,9-10H2,1-4H3. The summed E-state index contributed by atoms with van der Waals surface area (Å²) in [6.45, 7) is 8.62. The van der Waals surface area contributed by atoms with Crippen molar-refractivity contribution in [1.82, 2.24) is 15.3 Å². The maximum Gasteiger partial charge on any atom is 0.225 e. The van der Waals surface area contributed by atoms with Crippen LogP contribution in [0.3, 0.4) is 0 Å². The lowest BCUT2D eigenvalue weighted by Gasteiger charge is -2.33. The van der Waals surface area contributed by atoms with Gasteiger partial charge in [0.25, 0.3) is 0 Å². The van der Waals surface area contributed by atoms with Gasteiger partial charge in [-0.15, -0.1) is 0 Å². The van der Waals surface area contributed by atoms with Crippen molar-refractivity contribution in [2.24, 2.45) is 0 Å². The van der Waals surface area contributed by atoms with Crippen molar-refractivity contribution in [3.05, 3.63) is 18.0 Å². The van der Waals surface area contributed by atoms with Crippen LogP contribution in [0.1, 0.15) is 39.3 Å². The monoisotopic (exact) mass is 248 g/mol. The number of rotatable bonds is 2. The number of likely N-dealkylation sites (N-methyl/N-ethyl adjacent to an activating group) is 1. The quantitative estimate of drug-likeness (QED) is 0.868. The smallest absolute Gasteiger partial charge is 0.225 e. The topological polar surface area (TPSA) is 41.0 Å². The summed E-state index contributed by atoms with van der Waals surface area (Å²) in [4.78, 5) is 11.4. The average Bonchev–Trinajstić information content (AvgIpc) is 2.38. The molecule has 4 nitrogen and oxygen atoms in total. The molecule has 18 heavy (non-hydrogen) atoms. The van der Waals surface area contributed by atoms with Gasteiger partial charge in [0, 0.05) is 30.7 Å². The maximum atomic E-state index is 4.72. The molecule has 1 aromatic rings. The van der Waals surface area contributed by atoms with Crippen molar-refractivity contribution < 1.29 is 0 Å². The fourth-order valence-corrected chi connectivity index (χ4v) is 2.31. The van der Waals surface area contributed by atoms with E-state index < -0.39 is 0 Å². The van der Waals surface area contributed by atoms with Gasteiger partial charge in [-0.2, -0.15) is 0 Å². The second-order valence-corrected chi connectivity index (χ2v) is 6.07. The largest absolute Gasteiger partial charge is 0.339 e. The number of nitrogens with zero attached hydrogens (tertiary/aromatic N) is 3. The molecule has 2 heterocycles. The minimum absolute atomic E-state index is 0.0793. The van der Waals surface area contributed by atoms with E-state index in [4.69, 9.17) is 4.98 Å². The Bertz CT molecular complexity index is 397. The van der Waals surface area contributed by atoms with Gasteiger partial charge in [0.15, 0.2) is 0 Å². The number of nitrogens with one attached hydrogen (secondary N) is 1. The van der Waals surface area contributed by atoms with Gasteiger partial charge in [0.05, 0.1) is 5.69 Å². The molecule has 2 rings (SSSR count). The zero-order chi connectivity index (χ0) is 13.2. The van der Waals surface area contributed by atoms with E-state index in [1.54, 1.807) is 0 Å². The molecule has 4 heteroatoms. The van der Waals surface area contributed by atoms with Crippen LogP contribution in [0.15, 0.2) is 12.3 Å². The first kappa shape index (κ1) is 13.3. The summed E-state index contributed by atoms with van der Waals surface area (Å²) in [5.41, 5.74) is 1.19. The first-order valence-corrected chi connectivity index (χ1v) is 6.76. The summed E-state index contributed by atoms with van der Waals surface area (Å²) in [7, 11) is 2.03. The third-order valence-corrected chi connectivity index (χ3v) is 3.52. The fourth-order valence-electron chi connectivity index (χ4n) is 2.31. The van der Waals surface area contributed by atoms with Crippen LogP contribution in [0.25, 0.3) is 0 Å². The first-order chi connectivity index (χ1) is 8.50. The van der Waals surface area contributed by atoms with E-state index in [0.717, 1.165) is 24.7 Å². The van der Waals surface area contributed by atoms with Crippen molar-refractivity contribution in [3.63, 3.8) is 0 Å². The molecule has 0 bridgehead atoms. The van der Waals surface area contributed by atoms with Crippen LogP contribution >= 0.6 is 0 Å². The van der Waals surface area contributed by atoms with Crippen LogP contribution in [0.5, 0.6) is 0 Å². The highest BCUT2D eigenvalue weighted by atomic mass is 15.3. The molecule has 100 valence electrons. The van der Waals surface area contributed by atoms with Crippen molar-refractivity contribution >= 4 is 5.95 Å². The predicted octanol–water partition coefficient (Wildman–Crippen LogP) is 1.96. The van der Waals surface area contributed by atoms with Crippen molar-refractivity contribution in [1.29, 1.82) is 0 Å². The molecule has 0 saturated carbocycles. The molecule has 0 spiro atoms. The molecule has 0 amide bonds. The third-order valence-electron chi connectivity index (χ3n) is 3.52. The van der Waals surface area contributed by atoms with Crippen LogP contribution in [0.2, 0.25) is 0 Å². The second-order valence-electron chi connectivity index (χ2n) is 6.07. The molecule has 1 aliphatic rings. The summed E-state index contributed by atoms with van der Waals surface area (Å²) >= 11 is 0. The Morgan fingerprint density at radius 3 is 2.83 bits per heavy atom. The van der Waals surface area contributed by atoms with E-state index >= 15 is 0 Å². The lowest BCUT2D eigenvalue weighted by molar-refractivity contribution is 0.444. The van der Waals surface area contributed by atoms with Gasteiger partial charge in [-0.05, 0) is 26.0 Å².